The van der Waals surface area contributed by atoms with Crippen LogP contribution in [0, 0.1) is 5.92 Å². The van der Waals surface area contributed by atoms with Gasteiger partial charge in [-0.05, 0) is 133 Å². The number of rotatable bonds is 16. The third kappa shape index (κ3) is 14.3. The Bertz CT molecular complexity index is 2200. The maximum Gasteiger partial charge on any atom is 0.126 e. The van der Waals surface area contributed by atoms with E-state index in [0.29, 0.717) is 58.0 Å². The lowest BCUT2D eigenvalue weighted by molar-refractivity contribution is 0.104. The van der Waals surface area contributed by atoms with Gasteiger partial charge in [0.1, 0.15) is 35.7 Å². The van der Waals surface area contributed by atoms with Gasteiger partial charge in [0.2, 0.25) is 0 Å². The predicted octanol–water partition coefficient (Wildman–Crippen LogP) is 14.8. The molecule has 2 N–H and O–H groups in total. The molecule has 8 bridgehead atoms. The molecule has 2 aliphatic rings. The standard InChI is InChI=1S/C63H93NO5/c1-16-24-66-56-43-27-45-33-52(61(7,8)9)35-47(57(45)67-25-17-2)29-49-37-54(63(13,14)15)38-50(59(49)69-41-55(65)40-64-39-42-22-20-19-21-23-42)30-48-36-53(62(10,11)12)34-46(58(48)68-26-18-3)28-44(56)32-51(31-43)60(4,5)6/h31-38,42,55,64-65H,16-30,39-41H2,1-15H3/t55-/m1/s1. The van der Waals surface area contributed by atoms with Crippen molar-refractivity contribution in [3.05, 3.63) is 115 Å². The normalized spacial score (nSPS) is 15.5. The Morgan fingerprint density at radius 1 is 0.449 bits per heavy atom. The zero-order valence-electron chi connectivity index (χ0n) is 46.1. The first kappa shape index (κ1) is 54.3. The number of benzene rings is 4. The fourth-order valence-corrected chi connectivity index (χ4v) is 10.1. The highest BCUT2D eigenvalue weighted by Crippen LogP contribution is 2.44. The van der Waals surface area contributed by atoms with Gasteiger partial charge < -0.3 is 29.4 Å². The van der Waals surface area contributed by atoms with Gasteiger partial charge in [-0.3, -0.25) is 0 Å². The van der Waals surface area contributed by atoms with E-state index in [4.69, 9.17) is 18.9 Å². The summed E-state index contributed by atoms with van der Waals surface area (Å²) in [6, 6.07) is 19.2. The summed E-state index contributed by atoms with van der Waals surface area (Å²) in [5.41, 5.74) is 13.9. The van der Waals surface area contributed by atoms with E-state index in [2.05, 4.69) is 158 Å². The summed E-state index contributed by atoms with van der Waals surface area (Å²) in [5, 5.41) is 15.3. The van der Waals surface area contributed by atoms with Crippen LogP contribution in [-0.2, 0) is 47.3 Å². The van der Waals surface area contributed by atoms with Gasteiger partial charge in [-0.1, -0.05) is 172 Å². The lowest BCUT2D eigenvalue weighted by Gasteiger charge is -2.29. The molecule has 0 saturated heterocycles. The fourth-order valence-electron chi connectivity index (χ4n) is 10.1. The Labute approximate surface area is 420 Å². The molecule has 4 aromatic carbocycles. The molecule has 4 aromatic rings. The molecule has 0 aromatic heterocycles. The average Bonchev–Trinajstić information content (AvgIpc) is 3.26. The minimum absolute atomic E-state index is 0.101. The van der Waals surface area contributed by atoms with Crippen LogP contribution in [0.5, 0.6) is 23.0 Å². The van der Waals surface area contributed by atoms with Gasteiger partial charge in [-0.25, -0.2) is 0 Å². The minimum Gasteiger partial charge on any atom is -0.493 e. The zero-order valence-corrected chi connectivity index (χ0v) is 46.1. The van der Waals surface area contributed by atoms with Crippen LogP contribution in [0.2, 0.25) is 0 Å². The number of fused-ring (bicyclic) bond motifs is 8. The first-order chi connectivity index (χ1) is 32.5. The SMILES string of the molecule is CCCOc1c2cc(C(C)(C)C)cc1Cc1cc(C(C)(C)C)cc(c1OCCC)Cc1cc(C(C)(C)C)cc(c1OC[C@H](O)CNCC1CCCCC1)Cc1cc(C(C)(C)C)cc(c1OCCC)C2. The Hall–Kier alpha value is -4.00. The largest absolute Gasteiger partial charge is 0.493 e. The molecule has 1 saturated carbocycles. The van der Waals surface area contributed by atoms with Crippen LogP contribution in [0.4, 0.5) is 0 Å². The van der Waals surface area contributed by atoms with Gasteiger partial charge in [0.15, 0.2) is 0 Å². The molecular formula is C63H93NO5. The number of hydrogen-bond acceptors (Lipinski definition) is 6. The van der Waals surface area contributed by atoms with Crippen LogP contribution in [0.25, 0.3) is 0 Å². The van der Waals surface area contributed by atoms with E-state index in [-0.39, 0.29) is 28.3 Å². The maximum absolute atomic E-state index is 11.7. The molecule has 69 heavy (non-hydrogen) atoms. The quantitative estimate of drug-likeness (QED) is 0.103. The van der Waals surface area contributed by atoms with Crippen LogP contribution in [0.3, 0.4) is 0 Å². The second-order valence-electron chi connectivity index (χ2n) is 24.9. The van der Waals surface area contributed by atoms with Crippen molar-refractivity contribution in [1.29, 1.82) is 0 Å². The van der Waals surface area contributed by atoms with Crippen molar-refractivity contribution in [3.8, 4) is 23.0 Å². The summed E-state index contributed by atoms with van der Waals surface area (Å²) >= 11 is 0. The lowest BCUT2D eigenvalue weighted by atomic mass is 9.79. The van der Waals surface area contributed by atoms with Gasteiger partial charge in [0.05, 0.1) is 19.8 Å². The van der Waals surface area contributed by atoms with Crippen LogP contribution in [-0.4, -0.2) is 50.7 Å². The van der Waals surface area contributed by atoms with Crippen molar-refractivity contribution >= 4 is 0 Å². The average molecular weight is 944 g/mol. The van der Waals surface area contributed by atoms with E-state index in [1.807, 2.05) is 0 Å². The predicted molar refractivity (Wildman–Crippen MR) is 290 cm³/mol. The minimum atomic E-state index is -0.663. The molecule has 0 radical (unpaired) electrons. The molecule has 0 unspecified atom stereocenters. The summed E-state index contributed by atoms with van der Waals surface area (Å²) < 4.78 is 28.1. The molecule has 2 aliphatic carbocycles. The van der Waals surface area contributed by atoms with Crippen molar-refractivity contribution in [1.82, 2.24) is 5.32 Å². The lowest BCUT2D eigenvalue weighted by Crippen LogP contribution is -2.35. The Morgan fingerprint density at radius 2 is 0.725 bits per heavy atom. The topological polar surface area (TPSA) is 69.2 Å². The third-order valence-electron chi connectivity index (χ3n) is 14.3. The van der Waals surface area contributed by atoms with Gasteiger partial charge >= 0.3 is 0 Å². The molecule has 6 heteroatoms. The zero-order chi connectivity index (χ0) is 50.3. The number of aliphatic hydroxyl groups excluding tert-OH is 1. The highest BCUT2D eigenvalue weighted by molar-refractivity contribution is 5.60. The third-order valence-corrected chi connectivity index (χ3v) is 14.3. The summed E-state index contributed by atoms with van der Waals surface area (Å²) in [6.07, 6.45) is 11.1. The second-order valence-corrected chi connectivity index (χ2v) is 24.9. The second kappa shape index (κ2) is 23.0. The van der Waals surface area contributed by atoms with Crippen LogP contribution in [0.15, 0.2) is 48.5 Å². The monoisotopic (exact) mass is 944 g/mol. The van der Waals surface area contributed by atoms with Gasteiger partial charge in [-0.2, -0.15) is 0 Å². The molecule has 0 spiro atoms. The first-order valence-corrected chi connectivity index (χ1v) is 27.0. The molecule has 6 rings (SSSR count). The first-order valence-electron chi connectivity index (χ1n) is 27.0. The van der Waals surface area contributed by atoms with E-state index < -0.39 is 6.10 Å². The highest BCUT2D eigenvalue weighted by Gasteiger charge is 2.30. The number of nitrogens with one attached hydrogen (secondary N) is 1. The van der Waals surface area contributed by atoms with Crippen LogP contribution < -0.4 is 24.3 Å². The highest BCUT2D eigenvalue weighted by atomic mass is 16.5. The molecule has 1 atom stereocenters. The van der Waals surface area contributed by atoms with E-state index in [0.717, 1.165) is 71.1 Å². The van der Waals surface area contributed by atoms with Crippen molar-refractivity contribution in [2.24, 2.45) is 5.92 Å². The number of aliphatic hydroxyl groups is 1. The Morgan fingerprint density at radius 3 is 0.986 bits per heavy atom. The van der Waals surface area contributed by atoms with Gasteiger partial charge in [0, 0.05) is 32.2 Å². The van der Waals surface area contributed by atoms with Crippen molar-refractivity contribution in [2.75, 3.05) is 39.5 Å². The summed E-state index contributed by atoms with van der Waals surface area (Å²) in [5.74, 6) is 4.43. The molecular weight excluding hydrogens is 851 g/mol. The Kier molecular flexibility index (Phi) is 18.1. The van der Waals surface area contributed by atoms with Crippen molar-refractivity contribution < 1.29 is 24.1 Å². The molecule has 0 aliphatic heterocycles. The van der Waals surface area contributed by atoms with Crippen molar-refractivity contribution in [3.63, 3.8) is 0 Å². The summed E-state index contributed by atoms with van der Waals surface area (Å²) in [6.45, 7) is 37.9. The van der Waals surface area contributed by atoms with E-state index in [1.165, 1.54) is 76.6 Å². The van der Waals surface area contributed by atoms with Gasteiger partial charge in [-0.15, -0.1) is 0 Å². The van der Waals surface area contributed by atoms with Gasteiger partial charge in [0.25, 0.3) is 0 Å². The maximum atomic E-state index is 11.7. The number of ether oxygens (including phenoxy) is 4. The fraction of sp³-hybridized carbons (Fsp3) is 0.619. The summed E-state index contributed by atoms with van der Waals surface area (Å²) in [7, 11) is 0. The van der Waals surface area contributed by atoms with Crippen LogP contribution in [0.1, 0.15) is 222 Å². The van der Waals surface area contributed by atoms with E-state index in [1.54, 1.807) is 0 Å². The molecule has 1 fully saturated rings. The molecule has 0 heterocycles. The Balaban J connectivity index is 1.68. The van der Waals surface area contributed by atoms with E-state index >= 15 is 0 Å². The summed E-state index contributed by atoms with van der Waals surface area (Å²) in [4.78, 5) is 0. The number of hydrogen-bond donors (Lipinski definition) is 2. The molecule has 0 amide bonds. The van der Waals surface area contributed by atoms with Crippen LogP contribution >= 0.6 is 0 Å². The van der Waals surface area contributed by atoms with E-state index in [9.17, 15) is 5.11 Å². The van der Waals surface area contributed by atoms with Crippen molar-refractivity contribution in [2.45, 2.75) is 209 Å². The molecule has 380 valence electrons. The molecule has 6 nitrogen and oxygen atoms in total. The smallest absolute Gasteiger partial charge is 0.126 e.